The molecule has 0 bridgehead atoms. The molecule has 0 aliphatic carbocycles. The van der Waals surface area contributed by atoms with Gasteiger partial charge in [-0.25, -0.2) is 0 Å². The van der Waals surface area contributed by atoms with Gasteiger partial charge < -0.3 is 24.8 Å². The van der Waals surface area contributed by atoms with Crippen LogP contribution in [0, 0.1) is 0 Å². The van der Waals surface area contributed by atoms with E-state index in [0.717, 1.165) is 11.3 Å². The van der Waals surface area contributed by atoms with E-state index in [-0.39, 0.29) is 0 Å². The molecule has 0 atom stereocenters. The number of guanidine groups is 1. The second-order valence-electron chi connectivity index (χ2n) is 5.28. The van der Waals surface area contributed by atoms with Crippen LogP contribution in [0.15, 0.2) is 47.5 Å². The van der Waals surface area contributed by atoms with Gasteiger partial charge in [-0.05, 0) is 11.6 Å². The van der Waals surface area contributed by atoms with Crippen LogP contribution in [0.25, 0.3) is 0 Å². The van der Waals surface area contributed by atoms with E-state index >= 15 is 0 Å². The molecule has 2 rings (SSSR count). The average molecular weight is 343 g/mol. The van der Waals surface area contributed by atoms with Crippen molar-refractivity contribution < 1.29 is 14.2 Å². The first-order valence-electron chi connectivity index (χ1n) is 7.99. The van der Waals surface area contributed by atoms with E-state index in [1.54, 1.807) is 28.4 Å². The summed E-state index contributed by atoms with van der Waals surface area (Å²) in [4.78, 5) is 4.25. The van der Waals surface area contributed by atoms with Crippen molar-refractivity contribution >= 4 is 5.96 Å². The summed E-state index contributed by atoms with van der Waals surface area (Å²) in [6, 6.07) is 13.9. The van der Waals surface area contributed by atoms with E-state index in [2.05, 4.69) is 27.8 Å². The predicted octanol–water partition coefficient (Wildman–Crippen LogP) is 2.58. The lowest BCUT2D eigenvalue weighted by atomic mass is 10.1. The van der Waals surface area contributed by atoms with Crippen LogP contribution in [0.1, 0.15) is 11.1 Å². The van der Waals surface area contributed by atoms with Crippen molar-refractivity contribution in [3.63, 3.8) is 0 Å². The van der Waals surface area contributed by atoms with Gasteiger partial charge in [0, 0.05) is 31.8 Å². The van der Waals surface area contributed by atoms with Gasteiger partial charge in [0.25, 0.3) is 0 Å². The van der Waals surface area contributed by atoms with E-state index in [1.807, 2.05) is 30.3 Å². The topological polar surface area (TPSA) is 64.1 Å². The predicted molar refractivity (Wildman–Crippen MR) is 99.6 cm³/mol. The summed E-state index contributed by atoms with van der Waals surface area (Å²) >= 11 is 0. The SMILES string of the molecule is CN=C(NCc1ccccc1)NCc1cc(OC)c(OC)cc1OC. The Kier molecular flexibility index (Phi) is 6.95. The fourth-order valence-electron chi connectivity index (χ4n) is 2.41. The Balaban J connectivity index is 2.03. The Bertz CT molecular complexity index is 703. The molecule has 0 unspecified atom stereocenters. The standard InChI is InChI=1S/C19H25N3O3/c1-20-19(21-12-14-8-6-5-7-9-14)22-13-15-10-17(24-3)18(25-4)11-16(15)23-2/h5-11H,12-13H2,1-4H3,(H2,20,21,22). The number of hydrogen-bond donors (Lipinski definition) is 2. The summed E-state index contributed by atoms with van der Waals surface area (Å²) in [5.41, 5.74) is 2.14. The van der Waals surface area contributed by atoms with Crippen molar-refractivity contribution in [1.29, 1.82) is 0 Å². The molecule has 2 aromatic rings. The molecular weight excluding hydrogens is 318 g/mol. The average Bonchev–Trinajstić information content (AvgIpc) is 2.68. The quantitative estimate of drug-likeness (QED) is 0.598. The molecule has 134 valence electrons. The van der Waals surface area contributed by atoms with Crippen molar-refractivity contribution in [1.82, 2.24) is 10.6 Å². The van der Waals surface area contributed by atoms with Gasteiger partial charge in [0.05, 0.1) is 21.3 Å². The normalized spacial score (nSPS) is 11.0. The van der Waals surface area contributed by atoms with Crippen LogP contribution in [0.3, 0.4) is 0 Å². The molecule has 25 heavy (non-hydrogen) atoms. The maximum absolute atomic E-state index is 5.45. The largest absolute Gasteiger partial charge is 0.496 e. The second-order valence-corrected chi connectivity index (χ2v) is 5.28. The Hall–Kier alpha value is -2.89. The number of methoxy groups -OCH3 is 3. The minimum Gasteiger partial charge on any atom is -0.496 e. The molecular formula is C19H25N3O3. The van der Waals surface area contributed by atoms with Gasteiger partial charge in [0.2, 0.25) is 0 Å². The van der Waals surface area contributed by atoms with E-state index < -0.39 is 0 Å². The molecule has 0 spiro atoms. The summed E-state index contributed by atoms with van der Waals surface area (Å²) in [5, 5.41) is 6.57. The number of nitrogens with one attached hydrogen (secondary N) is 2. The van der Waals surface area contributed by atoms with Gasteiger partial charge >= 0.3 is 0 Å². The summed E-state index contributed by atoms with van der Waals surface area (Å²) in [5.74, 6) is 2.73. The van der Waals surface area contributed by atoms with E-state index in [1.165, 1.54) is 5.56 Å². The zero-order valence-corrected chi connectivity index (χ0v) is 15.1. The zero-order valence-electron chi connectivity index (χ0n) is 15.1. The fraction of sp³-hybridized carbons (Fsp3) is 0.316. The molecule has 6 nitrogen and oxygen atoms in total. The van der Waals surface area contributed by atoms with Crippen LogP contribution in [-0.2, 0) is 13.1 Å². The molecule has 0 radical (unpaired) electrons. The van der Waals surface area contributed by atoms with Crippen molar-refractivity contribution in [2.75, 3.05) is 28.4 Å². The molecule has 0 heterocycles. The number of benzene rings is 2. The Morgan fingerprint density at radius 1 is 0.840 bits per heavy atom. The van der Waals surface area contributed by atoms with Crippen molar-refractivity contribution in [3.8, 4) is 17.2 Å². The molecule has 0 aliphatic heterocycles. The first kappa shape index (κ1) is 18.4. The Labute approximate surface area is 148 Å². The lowest BCUT2D eigenvalue weighted by molar-refractivity contribution is 0.347. The molecule has 2 N–H and O–H groups in total. The van der Waals surface area contributed by atoms with E-state index in [0.29, 0.717) is 30.5 Å². The van der Waals surface area contributed by atoms with Gasteiger partial charge in [-0.2, -0.15) is 0 Å². The van der Waals surface area contributed by atoms with Crippen LogP contribution < -0.4 is 24.8 Å². The Morgan fingerprint density at radius 3 is 2.04 bits per heavy atom. The summed E-state index contributed by atoms with van der Waals surface area (Å²) in [6.45, 7) is 1.24. The number of rotatable bonds is 7. The molecule has 0 saturated heterocycles. The molecule has 0 amide bonds. The van der Waals surface area contributed by atoms with E-state index in [9.17, 15) is 0 Å². The first-order chi connectivity index (χ1) is 12.2. The van der Waals surface area contributed by atoms with Crippen molar-refractivity contribution in [2.45, 2.75) is 13.1 Å². The van der Waals surface area contributed by atoms with Crippen LogP contribution >= 0.6 is 0 Å². The molecule has 0 fully saturated rings. The monoisotopic (exact) mass is 343 g/mol. The smallest absolute Gasteiger partial charge is 0.191 e. The van der Waals surface area contributed by atoms with Gasteiger partial charge in [0.15, 0.2) is 17.5 Å². The summed E-state index contributed by atoms with van der Waals surface area (Å²) < 4.78 is 16.1. The van der Waals surface area contributed by atoms with Gasteiger partial charge in [-0.15, -0.1) is 0 Å². The van der Waals surface area contributed by atoms with Crippen LogP contribution in [0.4, 0.5) is 0 Å². The van der Waals surface area contributed by atoms with Crippen molar-refractivity contribution in [3.05, 3.63) is 53.6 Å². The van der Waals surface area contributed by atoms with E-state index in [4.69, 9.17) is 14.2 Å². The lowest BCUT2D eigenvalue weighted by Gasteiger charge is -2.16. The third-order valence-electron chi connectivity index (χ3n) is 3.76. The molecule has 6 heteroatoms. The summed E-state index contributed by atoms with van der Waals surface area (Å²) in [6.07, 6.45) is 0. The van der Waals surface area contributed by atoms with Crippen LogP contribution in [0.2, 0.25) is 0 Å². The minimum atomic E-state index is 0.540. The van der Waals surface area contributed by atoms with Crippen molar-refractivity contribution in [2.24, 2.45) is 4.99 Å². The summed E-state index contributed by atoms with van der Waals surface area (Å²) in [7, 11) is 6.59. The highest BCUT2D eigenvalue weighted by Crippen LogP contribution is 2.34. The lowest BCUT2D eigenvalue weighted by Crippen LogP contribution is -2.36. The highest BCUT2D eigenvalue weighted by molar-refractivity contribution is 5.79. The van der Waals surface area contributed by atoms with Gasteiger partial charge in [-0.1, -0.05) is 30.3 Å². The first-order valence-corrected chi connectivity index (χ1v) is 7.99. The highest BCUT2D eigenvalue weighted by atomic mass is 16.5. The maximum Gasteiger partial charge on any atom is 0.191 e. The molecule has 2 aromatic carbocycles. The maximum atomic E-state index is 5.45. The second kappa shape index (κ2) is 9.42. The number of nitrogens with zero attached hydrogens (tertiary/aromatic N) is 1. The minimum absolute atomic E-state index is 0.540. The van der Waals surface area contributed by atoms with Crippen LogP contribution in [0.5, 0.6) is 17.2 Å². The van der Waals surface area contributed by atoms with Crippen LogP contribution in [-0.4, -0.2) is 34.3 Å². The van der Waals surface area contributed by atoms with Gasteiger partial charge in [0.1, 0.15) is 5.75 Å². The third kappa shape index (κ3) is 5.04. The van der Waals surface area contributed by atoms with Gasteiger partial charge in [-0.3, -0.25) is 4.99 Å². The zero-order chi connectivity index (χ0) is 18.1. The number of hydrogen-bond acceptors (Lipinski definition) is 4. The number of ether oxygens (including phenoxy) is 3. The third-order valence-corrected chi connectivity index (χ3v) is 3.76. The molecule has 0 aromatic heterocycles. The molecule has 0 aliphatic rings. The highest BCUT2D eigenvalue weighted by Gasteiger charge is 2.12. The fourth-order valence-corrected chi connectivity index (χ4v) is 2.41. The Morgan fingerprint density at radius 2 is 1.44 bits per heavy atom. The molecule has 0 saturated carbocycles. The number of aliphatic imine (C=N–C) groups is 1.